The molecule has 108 valence electrons. The molecule has 1 N–H and O–H groups in total. The first-order valence-electron chi connectivity index (χ1n) is 6.60. The average Bonchev–Trinajstić information content (AvgIpc) is 2.86. The number of imide groups is 1. The predicted octanol–water partition coefficient (Wildman–Crippen LogP) is 2.12. The van der Waals surface area contributed by atoms with Gasteiger partial charge in [0.25, 0.3) is 0 Å². The molecule has 0 radical (unpaired) electrons. The van der Waals surface area contributed by atoms with Crippen molar-refractivity contribution in [3.63, 3.8) is 0 Å². The second-order valence-corrected chi connectivity index (χ2v) is 5.80. The molecule has 1 atom stereocenters. The number of carbonyl (C=O) groups is 2. The van der Waals surface area contributed by atoms with E-state index in [0.717, 1.165) is 10.6 Å². The molecule has 0 saturated carbocycles. The number of hydrogen-bond donors (Lipinski definition) is 1. The Hall–Kier alpha value is -1.69. The smallest absolute Gasteiger partial charge is 0.324 e. The number of carbonyl (C=O) groups excluding carboxylic acids is 2. The number of hydrogen-bond acceptors (Lipinski definition) is 4. The molecule has 1 aromatic carbocycles. The number of nitrogens with one attached hydrogen (secondary N) is 1. The third-order valence-electron chi connectivity index (χ3n) is 2.92. The van der Waals surface area contributed by atoms with Crippen molar-refractivity contribution in [2.24, 2.45) is 0 Å². The summed E-state index contributed by atoms with van der Waals surface area (Å²) in [6, 6.07) is 7.30. The molecule has 1 aliphatic heterocycles. The van der Waals surface area contributed by atoms with Crippen LogP contribution in [0.3, 0.4) is 0 Å². The first kappa shape index (κ1) is 14.7. The van der Waals surface area contributed by atoms with E-state index >= 15 is 0 Å². The van der Waals surface area contributed by atoms with Crippen LogP contribution in [-0.2, 0) is 4.79 Å². The minimum atomic E-state index is -0.297. The molecule has 20 heavy (non-hydrogen) atoms. The highest BCUT2D eigenvalue weighted by Crippen LogP contribution is 2.26. The summed E-state index contributed by atoms with van der Waals surface area (Å²) in [6.07, 6.45) is 0. The highest BCUT2D eigenvalue weighted by molar-refractivity contribution is 8.00. The molecule has 1 aliphatic rings. The van der Waals surface area contributed by atoms with E-state index in [9.17, 15) is 9.59 Å². The number of urea groups is 1. The van der Waals surface area contributed by atoms with Gasteiger partial charge in [-0.15, -0.1) is 11.8 Å². The lowest BCUT2D eigenvalue weighted by Gasteiger charge is -2.17. The van der Waals surface area contributed by atoms with Crippen molar-refractivity contribution in [1.29, 1.82) is 0 Å². The maximum atomic E-state index is 12.1. The minimum absolute atomic E-state index is 0.154. The number of rotatable bonds is 5. The Balaban J connectivity index is 1.94. The average molecular weight is 294 g/mol. The molecule has 1 fully saturated rings. The van der Waals surface area contributed by atoms with Crippen LogP contribution >= 0.6 is 11.8 Å². The van der Waals surface area contributed by atoms with Gasteiger partial charge in [0.2, 0.25) is 5.91 Å². The van der Waals surface area contributed by atoms with E-state index in [-0.39, 0.29) is 17.2 Å². The zero-order valence-electron chi connectivity index (χ0n) is 11.6. The number of nitrogens with zero attached hydrogens (tertiary/aromatic N) is 1. The first-order valence-corrected chi connectivity index (χ1v) is 7.48. The quantitative estimate of drug-likeness (QED) is 0.845. The van der Waals surface area contributed by atoms with Gasteiger partial charge in [-0.1, -0.05) is 0 Å². The van der Waals surface area contributed by atoms with Crippen LogP contribution < -0.4 is 10.1 Å². The van der Waals surface area contributed by atoms with Gasteiger partial charge in [0, 0.05) is 18.0 Å². The van der Waals surface area contributed by atoms with Gasteiger partial charge < -0.3 is 10.1 Å². The third-order valence-corrected chi connectivity index (χ3v) is 4.02. The second-order valence-electron chi connectivity index (χ2n) is 4.39. The summed E-state index contributed by atoms with van der Waals surface area (Å²) in [5.41, 5.74) is 0. The zero-order chi connectivity index (χ0) is 14.5. The maximum absolute atomic E-state index is 12.1. The highest BCUT2D eigenvalue weighted by Gasteiger charge is 2.29. The van der Waals surface area contributed by atoms with Crippen LogP contribution in [0, 0.1) is 0 Å². The van der Waals surface area contributed by atoms with Gasteiger partial charge in [-0.25, -0.2) is 4.79 Å². The molecule has 0 spiro atoms. The van der Waals surface area contributed by atoms with Crippen molar-refractivity contribution in [2.75, 3.05) is 19.7 Å². The fourth-order valence-electron chi connectivity index (χ4n) is 1.94. The van der Waals surface area contributed by atoms with Crippen LogP contribution in [0.1, 0.15) is 13.8 Å². The molecule has 5 nitrogen and oxygen atoms in total. The van der Waals surface area contributed by atoms with Gasteiger partial charge in [-0.3, -0.25) is 9.69 Å². The lowest BCUT2D eigenvalue weighted by molar-refractivity contribution is -0.126. The fourth-order valence-corrected chi connectivity index (χ4v) is 2.87. The first-order chi connectivity index (χ1) is 9.61. The SMILES string of the molecule is CCOc1ccc(S[C@H](C)C(=O)N2CCNC2=O)cc1. The van der Waals surface area contributed by atoms with E-state index in [4.69, 9.17) is 4.74 Å². The van der Waals surface area contributed by atoms with E-state index in [1.165, 1.54) is 16.7 Å². The molecule has 2 rings (SSSR count). The number of amides is 3. The van der Waals surface area contributed by atoms with Gasteiger partial charge in [-0.2, -0.15) is 0 Å². The van der Waals surface area contributed by atoms with Crippen LogP contribution in [0.15, 0.2) is 29.2 Å². The molecule has 0 unspecified atom stereocenters. The number of benzene rings is 1. The predicted molar refractivity (Wildman–Crippen MR) is 78.0 cm³/mol. The molecule has 1 saturated heterocycles. The van der Waals surface area contributed by atoms with Crippen LogP contribution in [0.5, 0.6) is 5.75 Å². The maximum Gasteiger partial charge on any atom is 0.324 e. The molecule has 0 bridgehead atoms. The Morgan fingerprint density at radius 2 is 2.15 bits per heavy atom. The van der Waals surface area contributed by atoms with Gasteiger partial charge in [0.15, 0.2) is 0 Å². The van der Waals surface area contributed by atoms with Crippen molar-refractivity contribution in [3.05, 3.63) is 24.3 Å². The summed E-state index contributed by atoms with van der Waals surface area (Å²) in [4.78, 5) is 25.9. The van der Waals surface area contributed by atoms with Crippen molar-refractivity contribution in [3.8, 4) is 5.75 Å². The minimum Gasteiger partial charge on any atom is -0.494 e. The summed E-state index contributed by atoms with van der Waals surface area (Å²) in [6.45, 7) is 5.36. The Bertz CT molecular complexity index is 490. The Kier molecular flexibility index (Phi) is 4.89. The van der Waals surface area contributed by atoms with Crippen molar-refractivity contribution in [1.82, 2.24) is 10.2 Å². The van der Waals surface area contributed by atoms with E-state index < -0.39 is 0 Å². The molecule has 6 heteroatoms. The molecular formula is C14H18N2O3S. The van der Waals surface area contributed by atoms with Crippen LogP contribution in [0.25, 0.3) is 0 Å². The van der Waals surface area contributed by atoms with E-state index in [0.29, 0.717) is 19.7 Å². The molecule has 1 heterocycles. The third kappa shape index (κ3) is 3.45. The topological polar surface area (TPSA) is 58.6 Å². The molecule has 0 aromatic heterocycles. The van der Waals surface area contributed by atoms with E-state index in [1.807, 2.05) is 38.1 Å². The number of ether oxygens (including phenoxy) is 1. The van der Waals surface area contributed by atoms with Crippen molar-refractivity contribution < 1.29 is 14.3 Å². The lowest BCUT2D eigenvalue weighted by atomic mass is 10.3. The van der Waals surface area contributed by atoms with Crippen LogP contribution in [-0.4, -0.2) is 41.8 Å². The molecular weight excluding hydrogens is 276 g/mol. The summed E-state index contributed by atoms with van der Waals surface area (Å²) < 4.78 is 5.37. The lowest BCUT2D eigenvalue weighted by Crippen LogP contribution is -2.38. The van der Waals surface area contributed by atoms with Crippen molar-refractivity contribution >= 4 is 23.7 Å². The fraction of sp³-hybridized carbons (Fsp3) is 0.429. The zero-order valence-corrected chi connectivity index (χ0v) is 12.4. The van der Waals surface area contributed by atoms with Gasteiger partial charge in [0.1, 0.15) is 5.75 Å². The summed E-state index contributed by atoms with van der Waals surface area (Å²) in [5, 5.41) is 2.34. The second kappa shape index (κ2) is 6.65. The normalized spacial score (nSPS) is 15.9. The van der Waals surface area contributed by atoms with E-state index in [2.05, 4.69) is 5.32 Å². The standard InChI is InChI=1S/C14H18N2O3S/c1-3-19-11-4-6-12(7-5-11)20-10(2)13(17)16-9-8-15-14(16)18/h4-7,10H,3,8-9H2,1-2H3,(H,15,18)/t10-/m1/s1. The summed E-state index contributed by atoms with van der Waals surface area (Å²) in [5.74, 6) is 0.661. The van der Waals surface area contributed by atoms with Crippen LogP contribution in [0.2, 0.25) is 0 Å². The molecule has 3 amide bonds. The summed E-state index contributed by atoms with van der Waals surface area (Å²) in [7, 11) is 0. The van der Waals surface area contributed by atoms with Crippen molar-refractivity contribution in [2.45, 2.75) is 24.0 Å². The monoisotopic (exact) mass is 294 g/mol. The Labute approximate surface area is 122 Å². The highest BCUT2D eigenvalue weighted by atomic mass is 32.2. The molecule has 1 aromatic rings. The van der Waals surface area contributed by atoms with Gasteiger partial charge >= 0.3 is 6.03 Å². The number of thioether (sulfide) groups is 1. The largest absolute Gasteiger partial charge is 0.494 e. The van der Waals surface area contributed by atoms with Crippen LogP contribution in [0.4, 0.5) is 4.79 Å². The summed E-state index contributed by atoms with van der Waals surface area (Å²) >= 11 is 1.44. The van der Waals surface area contributed by atoms with Gasteiger partial charge in [-0.05, 0) is 38.1 Å². The molecule has 0 aliphatic carbocycles. The Morgan fingerprint density at radius 1 is 1.45 bits per heavy atom. The van der Waals surface area contributed by atoms with Gasteiger partial charge in [0.05, 0.1) is 11.9 Å². The Morgan fingerprint density at radius 3 is 2.70 bits per heavy atom. The van der Waals surface area contributed by atoms with E-state index in [1.54, 1.807) is 0 Å².